The number of fused-ring (bicyclic) bond motifs is 1. The highest BCUT2D eigenvalue weighted by Crippen LogP contribution is 2.35. The molecule has 204 valence electrons. The molecule has 0 aromatic carbocycles. The number of piperidine rings is 1. The Hall–Kier alpha value is -3.42. The molecule has 0 saturated carbocycles. The second kappa shape index (κ2) is 11.0. The fourth-order valence-electron chi connectivity index (χ4n) is 4.54. The van der Waals surface area contributed by atoms with E-state index in [2.05, 4.69) is 30.2 Å². The number of pyridine rings is 2. The number of rotatable bonds is 6. The molecule has 1 fully saturated rings. The number of carbonyl (C=O) groups is 1. The highest BCUT2D eigenvalue weighted by Gasteiger charge is 2.33. The van der Waals surface area contributed by atoms with Crippen LogP contribution in [0.2, 0.25) is 5.15 Å². The zero-order valence-corrected chi connectivity index (χ0v) is 22.5. The molecule has 1 N–H and O–H groups in total. The summed E-state index contributed by atoms with van der Waals surface area (Å²) in [5.74, 6) is 0.0166. The van der Waals surface area contributed by atoms with Gasteiger partial charge in [0, 0.05) is 28.9 Å². The summed E-state index contributed by atoms with van der Waals surface area (Å²) < 4.78 is 43.5. The molecule has 39 heavy (non-hydrogen) atoms. The fraction of sp³-hybridized carbons (Fsp3) is 0.360. The van der Waals surface area contributed by atoms with Crippen molar-refractivity contribution in [3.63, 3.8) is 0 Å². The van der Waals surface area contributed by atoms with E-state index in [9.17, 15) is 18.0 Å². The van der Waals surface area contributed by atoms with E-state index in [-0.39, 0.29) is 16.6 Å². The number of methoxy groups -OCH3 is 1. The number of carbonyl (C=O) groups excluding carboxylic acids is 1. The SMILES string of the molecule is COc1cnc(Cl)cc1-c1cc(C)ncc1C(=O)Nc1nc2ncc(C3CCN(CC(F)(F)F)CC3)nc2s1. The molecule has 0 spiro atoms. The van der Waals surface area contributed by atoms with Crippen LogP contribution < -0.4 is 10.1 Å². The van der Waals surface area contributed by atoms with Crippen LogP contribution in [0, 0.1) is 6.92 Å². The summed E-state index contributed by atoms with van der Waals surface area (Å²) in [7, 11) is 1.50. The summed E-state index contributed by atoms with van der Waals surface area (Å²) in [5, 5.41) is 3.35. The Balaban J connectivity index is 1.35. The molecule has 1 amide bonds. The van der Waals surface area contributed by atoms with Gasteiger partial charge in [0.1, 0.15) is 10.9 Å². The highest BCUT2D eigenvalue weighted by molar-refractivity contribution is 7.21. The van der Waals surface area contributed by atoms with Gasteiger partial charge in [0.2, 0.25) is 0 Å². The predicted octanol–water partition coefficient (Wildman–Crippen LogP) is 5.51. The molecular formula is C25H23ClF3N7O2S. The van der Waals surface area contributed by atoms with E-state index in [0.717, 1.165) is 0 Å². The first-order valence-corrected chi connectivity index (χ1v) is 13.2. The summed E-state index contributed by atoms with van der Waals surface area (Å²) in [6.45, 7) is 1.59. The molecule has 1 aliphatic rings. The van der Waals surface area contributed by atoms with Gasteiger partial charge in [0.05, 0.1) is 37.3 Å². The van der Waals surface area contributed by atoms with E-state index in [1.165, 1.54) is 35.7 Å². The van der Waals surface area contributed by atoms with Crippen molar-refractivity contribution in [2.45, 2.75) is 31.9 Å². The molecule has 1 aliphatic heterocycles. The standard InChI is InChI=1S/C25H23ClF3N7O2S/c1-13-7-15(16-8-20(26)31-11-19(16)38-2)17(9-30-13)22(37)35-24-34-21-23(39-24)33-18(10-32-21)14-3-5-36(6-4-14)12-25(27,28)29/h7-11,14H,3-6,12H2,1-2H3,(H,32,34,35,37). The van der Waals surface area contributed by atoms with E-state index in [1.807, 2.05) is 6.92 Å². The molecule has 9 nitrogen and oxygen atoms in total. The van der Waals surface area contributed by atoms with Crippen LogP contribution in [0.5, 0.6) is 5.75 Å². The summed E-state index contributed by atoms with van der Waals surface area (Å²) in [5.41, 5.74) is 3.22. The summed E-state index contributed by atoms with van der Waals surface area (Å²) in [6, 6.07) is 3.38. The summed E-state index contributed by atoms with van der Waals surface area (Å²) in [4.78, 5) is 37.0. The summed E-state index contributed by atoms with van der Waals surface area (Å²) >= 11 is 7.29. The average molecular weight is 578 g/mol. The van der Waals surface area contributed by atoms with Gasteiger partial charge < -0.3 is 4.74 Å². The zero-order valence-electron chi connectivity index (χ0n) is 20.9. The maximum Gasteiger partial charge on any atom is 0.401 e. The number of ether oxygens (including phenoxy) is 1. The van der Waals surface area contributed by atoms with Crippen LogP contribution in [0.25, 0.3) is 21.6 Å². The van der Waals surface area contributed by atoms with Crippen molar-refractivity contribution >= 4 is 44.5 Å². The monoisotopic (exact) mass is 577 g/mol. The fourth-order valence-corrected chi connectivity index (χ4v) is 5.50. The topological polar surface area (TPSA) is 106 Å². The number of thiazole rings is 1. The smallest absolute Gasteiger partial charge is 0.401 e. The van der Waals surface area contributed by atoms with Crippen LogP contribution in [-0.4, -0.2) is 68.6 Å². The van der Waals surface area contributed by atoms with E-state index in [1.54, 1.807) is 18.3 Å². The molecule has 0 bridgehead atoms. The minimum atomic E-state index is -4.21. The quantitative estimate of drug-likeness (QED) is 0.299. The Morgan fingerprint density at radius 2 is 1.90 bits per heavy atom. The van der Waals surface area contributed by atoms with E-state index in [0.29, 0.717) is 69.8 Å². The Bertz CT molecular complexity index is 1520. The third kappa shape index (κ3) is 6.26. The molecule has 1 saturated heterocycles. The van der Waals surface area contributed by atoms with Gasteiger partial charge in [-0.25, -0.2) is 15.0 Å². The number of aryl methyl sites for hydroxylation is 1. The lowest BCUT2D eigenvalue weighted by molar-refractivity contribution is -0.147. The van der Waals surface area contributed by atoms with Gasteiger partial charge in [-0.3, -0.25) is 20.0 Å². The first kappa shape index (κ1) is 27.2. The number of halogens is 4. The Morgan fingerprint density at radius 3 is 2.62 bits per heavy atom. The minimum Gasteiger partial charge on any atom is -0.494 e. The lowest BCUT2D eigenvalue weighted by atomic mass is 9.94. The van der Waals surface area contributed by atoms with Crippen molar-refractivity contribution in [3.05, 3.63) is 52.8 Å². The van der Waals surface area contributed by atoms with E-state index >= 15 is 0 Å². The number of likely N-dealkylation sites (tertiary alicyclic amines) is 1. The van der Waals surface area contributed by atoms with Crippen molar-refractivity contribution in [3.8, 4) is 16.9 Å². The first-order chi connectivity index (χ1) is 18.6. The van der Waals surface area contributed by atoms with Crippen LogP contribution in [0.4, 0.5) is 18.3 Å². The number of alkyl halides is 3. The molecule has 5 rings (SSSR count). The van der Waals surface area contributed by atoms with Crippen LogP contribution in [0.15, 0.2) is 30.7 Å². The van der Waals surface area contributed by atoms with E-state index in [4.69, 9.17) is 16.3 Å². The molecule has 5 heterocycles. The van der Waals surface area contributed by atoms with E-state index < -0.39 is 18.6 Å². The lowest BCUT2D eigenvalue weighted by Gasteiger charge is -2.31. The van der Waals surface area contributed by atoms with Gasteiger partial charge in [-0.2, -0.15) is 18.2 Å². The van der Waals surface area contributed by atoms with Crippen molar-refractivity contribution < 1.29 is 22.7 Å². The third-order valence-corrected chi connectivity index (χ3v) is 7.46. The third-order valence-electron chi connectivity index (χ3n) is 6.40. The van der Waals surface area contributed by atoms with Crippen molar-refractivity contribution in [2.75, 3.05) is 32.1 Å². The van der Waals surface area contributed by atoms with Crippen molar-refractivity contribution in [2.24, 2.45) is 0 Å². The number of nitrogens with one attached hydrogen (secondary N) is 1. The predicted molar refractivity (Wildman–Crippen MR) is 141 cm³/mol. The Morgan fingerprint density at radius 1 is 1.13 bits per heavy atom. The molecule has 0 unspecified atom stereocenters. The van der Waals surface area contributed by atoms with Gasteiger partial charge in [-0.05, 0) is 45.0 Å². The second-order valence-corrected chi connectivity index (χ2v) is 10.5. The van der Waals surface area contributed by atoms with Gasteiger partial charge >= 0.3 is 6.18 Å². The van der Waals surface area contributed by atoms with Crippen LogP contribution in [-0.2, 0) is 0 Å². The normalized spacial score (nSPS) is 15.0. The van der Waals surface area contributed by atoms with Crippen LogP contribution >= 0.6 is 22.9 Å². The lowest BCUT2D eigenvalue weighted by Crippen LogP contribution is -2.39. The van der Waals surface area contributed by atoms with Crippen LogP contribution in [0.1, 0.15) is 40.5 Å². The molecule has 0 aliphatic carbocycles. The minimum absolute atomic E-state index is 0.00915. The molecular weight excluding hydrogens is 555 g/mol. The van der Waals surface area contributed by atoms with Gasteiger partial charge in [0.15, 0.2) is 15.6 Å². The maximum atomic E-state index is 13.3. The zero-order chi connectivity index (χ0) is 27.7. The van der Waals surface area contributed by atoms with Crippen LogP contribution in [0.3, 0.4) is 0 Å². The molecule has 0 radical (unpaired) electrons. The number of amides is 1. The van der Waals surface area contributed by atoms with Gasteiger partial charge in [-0.1, -0.05) is 22.9 Å². The van der Waals surface area contributed by atoms with Crippen molar-refractivity contribution in [1.29, 1.82) is 0 Å². The number of anilines is 1. The second-order valence-electron chi connectivity index (χ2n) is 9.14. The number of hydrogen-bond acceptors (Lipinski definition) is 9. The highest BCUT2D eigenvalue weighted by atomic mass is 35.5. The number of nitrogens with zero attached hydrogens (tertiary/aromatic N) is 6. The Labute approximate surface area is 230 Å². The van der Waals surface area contributed by atoms with Gasteiger partial charge in [0.25, 0.3) is 5.91 Å². The largest absolute Gasteiger partial charge is 0.494 e. The van der Waals surface area contributed by atoms with Gasteiger partial charge in [-0.15, -0.1) is 0 Å². The molecule has 4 aromatic heterocycles. The molecule has 4 aromatic rings. The maximum absolute atomic E-state index is 13.3. The molecule has 14 heteroatoms. The molecule has 0 atom stereocenters. The Kier molecular flexibility index (Phi) is 7.65. The number of aromatic nitrogens is 5. The average Bonchev–Trinajstić information content (AvgIpc) is 3.29. The number of hydrogen-bond donors (Lipinski definition) is 1. The summed E-state index contributed by atoms with van der Waals surface area (Å²) in [6.07, 6.45) is 1.48. The van der Waals surface area contributed by atoms with Crippen molar-refractivity contribution in [1.82, 2.24) is 29.8 Å². The first-order valence-electron chi connectivity index (χ1n) is 12.0.